The van der Waals surface area contributed by atoms with Gasteiger partial charge in [0.25, 0.3) is 0 Å². The van der Waals surface area contributed by atoms with Gasteiger partial charge in [0.05, 0.1) is 18.5 Å². The Hall–Kier alpha value is -1.66. The highest BCUT2D eigenvalue weighted by atomic mass is 16.3. The Morgan fingerprint density at radius 3 is 2.84 bits per heavy atom. The van der Waals surface area contributed by atoms with E-state index >= 15 is 0 Å². The number of amides is 1. The molecule has 1 aliphatic rings. The maximum atomic E-state index is 12.1. The molecule has 3 N–H and O–H groups in total. The molecule has 0 aliphatic carbocycles. The molecule has 1 amide bonds. The Bertz CT molecular complexity index is 435. The first kappa shape index (κ1) is 13.8. The number of pyridine rings is 1. The summed E-state index contributed by atoms with van der Waals surface area (Å²) in [4.78, 5) is 20.0. The van der Waals surface area contributed by atoms with Crippen LogP contribution in [-0.4, -0.2) is 53.2 Å². The van der Waals surface area contributed by atoms with Crippen molar-refractivity contribution in [2.24, 2.45) is 0 Å². The first-order valence-electron chi connectivity index (χ1n) is 6.48. The summed E-state index contributed by atoms with van der Waals surface area (Å²) >= 11 is 0. The molecule has 1 fully saturated rings. The second-order valence-electron chi connectivity index (χ2n) is 4.80. The lowest BCUT2D eigenvalue weighted by atomic mass is 10.3. The fraction of sp³-hybridized carbons (Fsp3) is 0.538. The number of aliphatic hydroxyl groups excluding tert-OH is 1. The average Bonchev–Trinajstić information content (AvgIpc) is 2.61. The smallest absolute Gasteiger partial charge is 0.228 e. The van der Waals surface area contributed by atoms with Gasteiger partial charge in [-0.2, -0.15) is 0 Å². The summed E-state index contributed by atoms with van der Waals surface area (Å²) in [5, 5.41) is 9.19. The molecule has 0 unspecified atom stereocenters. The van der Waals surface area contributed by atoms with Crippen molar-refractivity contribution in [3.05, 3.63) is 18.3 Å². The van der Waals surface area contributed by atoms with Crippen molar-refractivity contribution in [3.63, 3.8) is 0 Å². The summed E-state index contributed by atoms with van der Waals surface area (Å²) in [7, 11) is 0. The van der Waals surface area contributed by atoms with Crippen LogP contribution in [0.3, 0.4) is 0 Å². The van der Waals surface area contributed by atoms with Gasteiger partial charge in [0.1, 0.15) is 5.82 Å². The van der Waals surface area contributed by atoms with E-state index in [0.717, 1.165) is 12.2 Å². The lowest BCUT2D eigenvalue weighted by molar-refractivity contribution is -0.118. The molecule has 2 heterocycles. The molecule has 1 saturated heterocycles. The molecule has 6 nitrogen and oxygen atoms in total. The van der Waals surface area contributed by atoms with Gasteiger partial charge in [-0.3, -0.25) is 9.69 Å². The number of aromatic nitrogens is 1. The van der Waals surface area contributed by atoms with Crippen molar-refractivity contribution < 1.29 is 9.90 Å². The summed E-state index contributed by atoms with van der Waals surface area (Å²) in [6.45, 7) is 4.11. The van der Waals surface area contributed by atoms with E-state index in [0.29, 0.717) is 25.3 Å². The molecule has 2 rings (SSSR count). The molecule has 0 spiro atoms. The number of carbonyl (C=O) groups is 1. The molecule has 1 atom stereocenters. The Morgan fingerprint density at radius 2 is 2.21 bits per heavy atom. The maximum absolute atomic E-state index is 12.1. The van der Waals surface area contributed by atoms with Gasteiger partial charge in [-0.05, 0) is 19.1 Å². The molecule has 0 saturated carbocycles. The van der Waals surface area contributed by atoms with Crippen molar-refractivity contribution in [3.8, 4) is 0 Å². The number of aliphatic hydroxyl groups is 1. The van der Waals surface area contributed by atoms with Crippen LogP contribution in [0.25, 0.3) is 0 Å². The SMILES string of the molecule is C[C@@H](CO)N1CCC(=O)N(c2ccc(N)nc2)CC1. The zero-order valence-electron chi connectivity index (χ0n) is 11.1. The van der Waals surface area contributed by atoms with Gasteiger partial charge in [-0.15, -0.1) is 0 Å². The van der Waals surface area contributed by atoms with Crippen molar-refractivity contribution in [2.45, 2.75) is 19.4 Å². The number of rotatable bonds is 3. The first-order valence-corrected chi connectivity index (χ1v) is 6.48. The van der Waals surface area contributed by atoms with Crippen LogP contribution in [-0.2, 0) is 4.79 Å². The third-order valence-corrected chi connectivity index (χ3v) is 3.49. The molecule has 1 aromatic heterocycles. The van der Waals surface area contributed by atoms with Crippen molar-refractivity contribution in [1.82, 2.24) is 9.88 Å². The van der Waals surface area contributed by atoms with E-state index in [1.165, 1.54) is 0 Å². The number of hydrogen-bond donors (Lipinski definition) is 2. The van der Waals surface area contributed by atoms with Gasteiger partial charge in [0.15, 0.2) is 0 Å². The standard InChI is InChI=1S/C13H20N4O2/c1-10(9-18)16-5-4-13(19)17(7-6-16)11-2-3-12(14)15-8-11/h2-3,8,10,18H,4-7,9H2,1H3,(H2,14,15)/t10-/m0/s1. The zero-order valence-corrected chi connectivity index (χ0v) is 11.1. The van der Waals surface area contributed by atoms with Crippen molar-refractivity contribution in [1.29, 1.82) is 0 Å². The molecule has 6 heteroatoms. The van der Waals surface area contributed by atoms with Gasteiger partial charge in [-0.25, -0.2) is 4.98 Å². The normalized spacial score (nSPS) is 19.3. The van der Waals surface area contributed by atoms with E-state index in [9.17, 15) is 9.90 Å². The number of anilines is 2. The summed E-state index contributed by atoms with van der Waals surface area (Å²) in [6, 6.07) is 3.59. The van der Waals surface area contributed by atoms with Crippen LogP contribution in [0.15, 0.2) is 18.3 Å². The van der Waals surface area contributed by atoms with Gasteiger partial charge in [0.2, 0.25) is 5.91 Å². The lowest BCUT2D eigenvalue weighted by Crippen LogP contribution is -2.38. The van der Waals surface area contributed by atoms with Crippen LogP contribution < -0.4 is 10.6 Å². The number of nitrogens with zero attached hydrogens (tertiary/aromatic N) is 3. The Morgan fingerprint density at radius 1 is 1.42 bits per heavy atom. The summed E-state index contributed by atoms with van der Waals surface area (Å²) in [5.74, 6) is 0.528. The average molecular weight is 264 g/mol. The second-order valence-corrected chi connectivity index (χ2v) is 4.80. The van der Waals surface area contributed by atoms with Crippen LogP contribution >= 0.6 is 0 Å². The number of hydrogen-bond acceptors (Lipinski definition) is 5. The van der Waals surface area contributed by atoms with E-state index in [1.807, 2.05) is 13.0 Å². The first-order chi connectivity index (χ1) is 9.11. The molecular formula is C13H20N4O2. The fourth-order valence-corrected chi connectivity index (χ4v) is 2.23. The summed E-state index contributed by atoms with van der Waals surface area (Å²) < 4.78 is 0. The molecule has 0 radical (unpaired) electrons. The Balaban J connectivity index is 2.10. The number of carbonyl (C=O) groups excluding carboxylic acids is 1. The number of nitrogen functional groups attached to an aromatic ring is 1. The van der Waals surface area contributed by atoms with E-state index in [-0.39, 0.29) is 18.6 Å². The molecule has 0 aromatic carbocycles. The van der Waals surface area contributed by atoms with E-state index in [4.69, 9.17) is 5.73 Å². The van der Waals surface area contributed by atoms with Gasteiger partial charge < -0.3 is 15.7 Å². The van der Waals surface area contributed by atoms with E-state index < -0.39 is 0 Å². The highest BCUT2D eigenvalue weighted by molar-refractivity contribution is 5.93. The van der Waals surface area contributed by atoms with E-state index in [2.05, 4.69) is 9.88 Å². The quantitative estimate of drug-likeness (QED) is 0.808. The lowest BCUT2D eigenvalue weighted by Gasteiger charge is -2.26. The third-order valence-electron chi connectivity index (χ3n) is 3.49. The molecule has 1 aromatic rings. The molecule has 19 heavy (non-hydrogen) atoms. The Labute approximate surface area is 112 Å². The van der Waals surface area contributed by atoms with Crippen LogP contribution in [0, 0.1) is 0 Å². The van der Waals surface area contributed by atoms with Crippen LogP contribution in [0.2, 0.25) is 0 Å². The van der Waals surface area contributed by atoms with Gasteiger partial charge in [0, 0.05) is 32.1 Å². The van der Waals surface area contributed by atoms with Crippen molar-refractivity contribution in [2.75, 3.05) is 36.9 Å². The summed E-state index contributed by atoms with van der Waals surface area (Å²) in [5.41, 5.74) is 6.33. The zero-order chi connectivity index (χ0) is 13.8. The maximum Gasteiger partial charge on any atom is 0.228 e. The molecule has 1 aliphatic heterocycles. The largest absolute Gasteiger partial charge is 0.395 e. The minimum Gasteiger partial charge on any atom is -0.395 e. The molecule has 104 valence electrons. The topological polar surface area (TPSA) is 82.7 Å². The molecule has 0 bridgehead atoms. The third kappa shape index (κ3) is 3.21. The van der Waals surface area contributed by atoms with Crippen LogP contribution in [0.4, 0.5) is 11.5 Å². The van der Waals surface area contributed by atoms with Crippen LogP contribution in [0.5, 0.6) is 0 Å². The van der Waals surface area contributed by atoms with Gasteiger partial charge >= 0.3 is 0 Å². The molecular weight excluding hydrogens is 244 g/mol. The minimum absolute atomic E-state index is 0.0808. The predicted octanol–water partition coefficient (Wildman–Crippen LogP) is 0.0833. The Kier molecular flexibility index (Phi) is 4.34. The van der Waals surface area contributed by atoms with Gasteiger partial charge in [-0.1, -0.05) is 0 Å². The van der Waals surface area contributed by atoms with Crippen LogP contribution in [0.1, 0.15) is 13.3 Å². The number of nitrogens with two attached hydrogens (primary N) is 1. The summed E-state index contributed by atoms with van der Waals surface area (Å²) in [6.07, 6.45) is 2.08. The monoisotopic (exact) mass is 264 g/mol. The fourth-order valence-electron chi connectivity index (χ4n) is 2.23. The minimum atomic E-state index is 0.0808. The predicted molar refractivity (Wildman–Crippen MR) is 73.7 cm³/mol. The van der Waals surface area contributed by atoms with E-state index in [1.54, 1.807) is 17.2 Å². The highest BCUT2D eigenvalue weighted by Crippen LogP contribution is 2.18. The highest BCUT2D eigenvalue weighted by Gasteiger charge is 2.24. The second kappa shape index (κ2) is 5.99. The van der Waals surface area contributed by atoms with Crippen molar-refractivity contribution >= 4 is 17.4 Å².